The summed E-state index contributed by atoms with van der Waals surface area (Å²) in [6, 6.07) is 5.87. The third kappa shape index (κ3) is 3.88. The molecule has 11 heteroatoms. The molecular weight excluding hydrogens is 528 g/mol. The zero-order valence-corrected chi connectivity index (χ0v) is 22.8. The minimum atomic E-state index is -0.830. The number of carboxylic acids is 1. The van der Waals surface area contributed by atoms with Crippen LogP contribution in [0, 0.1) is 29.6 Å². The van der Waals surface area contributed by atoms with Gasteiger partial charge in [-0.15, -0.1) is 11.8 Å². The number of hydrogen-bond donors (Lipinski definition) is 2. The molecule has 3 heterocycles. The predicted octanol–water partition coefficient (Wildman–Crippen LogP) is 3.57. The number of carbonyl (C=O) groups is 3. The van der Waals surface area contributed by atoms with Crippen molar-refractivity contribution in [2.24, 2.45) is 29.6 Å². The number of thioether (sulfide) groups is 1. The quantitative estimate of drug-likeness (QED) is 0.353. The molecule has 6 rings (SSSR count). The second-order valence-corrected chi connectivity index (χ2v) is 12.8. The number of amides is 2. The van der Waals surface area contributed by atoms with Gasteiger partial charge in [0, 0.05) is 29.0 Å². The van der Waals surface area contributed by atoms with Crippen molar-refractivity contribution >= 4 is 40.9 Å². The van der Waals surface area contributed by atoms with Crippen molar-refractivity contribution < 1.29 is 29.0 Å². The Morgan fingerprint density at radius 3 is 2.50 bits per heavy atom. The van der Waals surface area contributed by atoms with E-state index >= 15 is 0 Å². The number of rotatable bonds is 9. The Kier molecular flexibility index (Phi) is 6.54. The van der Waals surface area contributed by atoms with Crippen LogP contribution < -0.4 is 14.3 Å². The molecule has 1 aromatic carbocycles. The maximum atomic E-state index is 13.6. The molecule has 2 aliphatic carbocycles. The zero-order chi connectivity index (χ0) is 26.7. The predicted molar refractivity (Wildman–Crippen MR) is 141 cm³/mol. The number of carbonyl (C=O) groups excluding carboxylic acids is 2. The van der Waals surface area contributed by atoms with Crippen LogP contribution in [0.4, 0.5) is 0 Å². The fourth-order valence-electron chi connectivity index (χ4n) is 7.44. The standard InChI is InChI=1S/C27H30N2O7S2/c1-35-15-8-7-12(10-16(15)36-2)18-19-13-11-14(22(19)37-24-23(18)38-27(34)28-24)21-20(13)25(32)29(26(21)33)9-5-3-4-6-17(30)31/h7-8,10,13-14,18-22H,3-6,9,11H2,1-2H3,(H,28,34)(H,30,31)/t13?,14?,18-,19?,20?,21?,22?/m1/s1. The third-order valence-electron chi connectivity index (χ3n) is 8.85. The maximum Gasteiger partial charge on any atom is 0.305 e. The molecule has 9 nitrogen and oxygen atoms in total. The SMILES string of the molecule is COc1ccc([C@H]2c3sc(=O)[nH]c3SC3C4CC(C5C(=O)N(CCCCCC(=O)O)C(=O)C45)C32)cc1OC. The van der Waals surface area contributed by atoms with Crippen molar-refractivity contribution in [3.63, 3.8) is 0 Å². The number of likely N-dealkylation sites (tertiary alicyclic amines) is 1. The van der Waals surface area contributed by atoms with Crippen molar-refractivity contribution in [1.82, 2.24) is 9.88 Å². The lowest BCUT2D eigenvalue weighted by Crippen LogP contribution is -2.42. The summed E-state index contributed by atoms with van der Waals surface area (Å²) in [5.74, 6) is -0.192. The summed E-state index contributed by atoms with van der Waals surface area (Å²) in [5.41, 5.74) is 1.02. The van der Waals surface area contributed by atoms with Gasteiger partial charge in [-0.05, 0) is 54.7 Å². The van der Waals surface area contributed by atoms with Crippen LogP contribution >= 0.6 is 23.1 Å². The van der Waals surface area contributed by atoms with Gasteiger partial charge in [-0.3, -0.25) is 24.1 Å². The number of methoxy groups -OCH3 is 2. The van der Waals surface area contributed by atoms with Crippen molar-refractivity contribution in [2.75, 3.05) is 20.8 Å². The molecule has 1 aromatic heterocycles. The molecule has 6 unspecified atom stereocenters. The lowest BCUT2D eigenvalue weighted by Gasteiger charge is -2.43. The van der Waals surface area contributed by atoms with E-state index in [4.69, 9.17) is 14.6 Å². The average Bonchev–Trinajstić information content (AvgIpc) is 3.63. The molecule has 3 fully saturated rings. The smallest absolute Gasteiger partial charge is 0.305 e. The van der Waals surface area contributed by atoms with Crippen LogP contribution in [0.15, 0.2) is 28.0 Å². The van der Waals surface area contributed by atoms with Gasteiger partial charge >= 0.3 is 10.8 Å². The van der Waals surface area contributed by atoms with Crippen molar-refractivity contribution in [2.45, 2.75) is 48.3 Å². The van der Waals surface area contributed by atoms with Gasteiger partial charge in [0.1, 0.15) is 0 Å². The number of ether oxygens (including phenoxy) is 2. The Hall–Kier alpha value is -2.79. The summed E-state index contributed by atoms with van der Waals surface area (Å²) in [7, 11) is 3.19. The van der Waals surface area contributed by atoms with Gasteiger partial charge < -0.3 is 19.6 Å². The van der Waals surface area contributed by atoms with E-state index in [2.05, 4.69) is 4.98 Å². The Bertz CT molecular complexity index is 1350. The molecule has 202 valence electrons. The number of carboxylic acid groups (broad SMARTS) is 1. The summed E-state index contributed by atoms with van der Waals surface area (Å²) < 4.78 is 11.0. The van der Waals surface area contributed by atoms with E-state index in [0.29, 0.717) is 37.3 Å². The van der Waals surface area contributed by atoms with Gasteiger partial charge in [0.25, 0.3) is 0 Å². The molecule has 2 aromatic rings. The number of aliphatic carboxylic acids is 1. The lowest BCUT2D eigenvalue weighted by molar-refractivity contribution is -0.141. The number of hydrogen-bond acceptors (Lipinski definition) is 8. The van der Waals surface area contributed by atoms with E-state index in [1.807, 2.05) is 18.2 Å². The monoisotopic (exact) mass is 558 g/mol. The molecule has 2 amide bonds. The fourth-order valence-corrected chi connectivity index (χ4v) is 10.3. The van der Waals surface area contributed by atoms with Gasteiger partial charge in [0.05, 0.1) is 31.1 Å². The van der Waals surface area contributed by atoms with Crippen molar-refractivity contribution in [1.29, 1.82) is 0 Å². The van der Waals surface area contributed by atoms with Crippen LogP contribution in [0.25, 0.3) is 0 Å². The van der Waals surface area contributed by atoms with E-state index in [9.17, 15) is 19.2 Å². The number of unbranched alkanes of at least 4 members (excludes halogenated alkanes) is 2. The molecule has 7 atom stereocenters. The molecular formula is C27H30N2O7S2. The first-order chi connectivity index (χ1) is 18.3. The summed E-state index contributed by atoms with van der Waals surface area (Å²) in [5, 5.41) is 9.86. The minimum absolute atomic E-state index is 0.0550. The van der Waals surface area contributed by atoms with E-state index in [1.54, 1.807) is 26.0 Å². The van der Waals surface area contributed by atoms with Crippen molar-refractivity contribution in [3.8, 4) is 11.5 Å². The first-order valence-electron chi connectivity index (χ1n) is 13.0. The first-order valence-corrected chi connectivity index (χ1v) is 14.7. The second-order valence-electron chi connectivity index (χ2n) is 10.6. The van der Waals surface area contributed by atoms with Gasteiger partial charge in [-0.2, -0.15) is 0 Å². The van der Waals surface area contributed by atoms with E-state index < -0.39 is 5.97 Å². The van der Waals surface area contributed by atoms with Gasteiger partial charge in [0.2, 0.25) is 11.8 Å². The molecule has 2 aliphatic heterocycles. The second kappa shape index (κ2) is 9.75. The summed E-state index contributed by atoms with van der Waals surface area (Å²) >= 11 is 2.90. The molecule has 4 aliphatic rings. The minimum Gasteiger partial charge on any atom is -0.493 e. The lowest BCUT2D eigenvalue weighted by atomic mass is 9.68. The number of fused-ring (bicyclic) bond motifs is 9. The largest absolute Gasteiger partial charge is 0.493 e. The topological polar surface area (TPSA) is 126 Å². The van der Waals surface area contributed by atoms with Crippen LogP contribution in [0.3, 0.4) is 0 Å². The number of imide groups is 1. The zero-order valence-electron chi connectivity index (χ0n) is 21.2. The number of nitrogens with zero attached hydrogens (tertiary/aromatic N) is 1. The van der Waals surface area contributed by atoms with Crippen LogP contribution in [0.2, 0.25) is 0 Å². The van der Waals surface area contributed by atoms with Crippen LogP contribution in [0.5, 0.6) is 11.5 Å². The van der Waals surface area contributed by atoms with Gasteiger partial charge in [-0.1, -0.05) is 23.8 Å². The highest BCUT2D eigenvalue weighted by molar-refractivity contribution is 8.00. The molecule has 0 radical (unpaired) electrons. The summed E-state index contributed by atoms with van der Waals surface area (Å²) in [6.45, 7) is 0.353. The third-order valence-corrected chi connectivity index (χ3v) is 11.4. The van der Waals surface area contributed by atoms with E-state index in [0.717, 1.165) is 21.9 Å². The summed E-state index contributed by atoms with van der Waals surface area (Å²) in [4.78, 5) is 55.7. The Morgan fingerprint density at radius 2 is 1.79 bits per heavy atom. The molecule has 1 saturated heterocycles. The normalized spacial score (nSPS) is 30.8. The maximum absolute atomic E-state index is 13.6. The number of aromatic amines is 1. The highest BCUT2D eigenvalue weighted by Crippen LogP contribution is 2.68. The Balaban J connectivity index is 1.31. The van der Waals surface area contributed by atoms with E-state index in [-0.39, 0.29) is 63.9 Å². The Labute approximate surface area is 227 Å². The number of aromatic nitrogens is 1. The molecule has 38 heavy (non-hydrogen) atoms. The highest BCUT2D eigenvalue weighted by Gasteiger charge is 2.69. The molecule has 2 N–H and O–H groups in total. The number of nitrogens with one attached hydrogen (secondary N) is 1. The fraction of sp³-hybridized carbons (Fsp3) is 0.556. The van der Waals surface area contributed by atoms with Gasteiger partial charge in [-0.25, -0.2) is 0 Å². The molecule has 0 spiro atoms. The van der Waals surface area contributed by atoms with Gasteiger partial charge in [0.15, 0.2) is 11.5 Å². The van der Waals surface area contributed by atoms with Crippen LogP contribution in [-0.4, -0.2) is 58.8 Å². The summed E-state index contributed by atoms with van der Waals surface area (Å²) in [6.07, 6.45) is 2.76. The first kappa shape index (κ1) is 25.5. The van der Waals surface area contributed by atoms with Crippen LogP contribution in [-0.2, 0) is 14.4 Å². The van der Waals surface area contributed by atoms with Crippen LogP contribution in [0.1, 0.15) is 48.5 Å². The average molecular weight is 559 g/mol. The number of benzene rings is 1. The van der Waals surface area contributed by atoms with Crippen molar-refractivity contribution in [3.05, 3.63) is 38.3 Å². The van der Waals surface area contributed by atoms with E-state index in [1.165, 1.54) is 16.2 Å². The number of thiazole rings is 1. The number of H-pyrrole nitrogens is 1. The molecule has 2 saturated carbocycles. The highest BCUT2D eigenvalue weighted by atomic mass is 32.2. The Morgan fingerprint density at radius 1 is 1.05 bits per heavy atom. The molecule has 2 bridgehead atoms.